The summed E-state index contributed by atoms with van der Waals surface area (Å²) >= 11 is 3.42. The van der Waals surface area contributed by atoms with Gasteiger partial charge in [0, 0.05) is 4.47 Å². The van der Waals surface area contributed by atoms with Crippen LogP contribution in [0.1, 0.15) is 27.0 Å². The van der Waals surface area contributed by atoms with Crippen molar-refractivity contribution in [3.63, 3.8) is 0 Å². The van der Waals surface area contributed by atoms with E-state index in [0.29, 0.717) is 12.0 Å². The average molecular weight is 381 g/mol. The molecule has 0 radical (unpaired) electrons. The van der Waals surface area contributed by atoms with Crippen molar-refractivity contribution in [2.24, 2.45) is 0 Å². The maximum Gasteiger partial charge on any atom is 0.338 e. The second-order valence-corrected chi connectivity index (χ2v) is 6.44. The molecule has 3 aromatic carbocycles. The van der Waals surface area contributed by atoms with Crippen LogP contribution in [0.5, 0.6) is 0 Å². The molecule has 0 aliphatic heterocycles. The number of carbonyl (C=O) groups is 1. The highest BCUT2D eigenvalue weighted by atomic mass is 79.9. The summed E-state index contributed by atoms with van der Waals surface area (Å²) in [6.07, 6.45) is 0.711. The highest BCUT2D eigenvalue weighted by molar-refractivity contribution is 9.10. The van der Waals surface area contributed by atoms with Crippen LogP contribution in [0.15, 0.2) is 83.3 Å². The summed E-state index contributed by atoms with van der Waals surface area (Å²) in [7, 11) is 0. The van der Waals surface area contributed by atoms with Gasteiger partial charge < -0.3 is 4.74 Å². The average Bonchev–Trinajstić information content (AvgIpc) is 2.61. The second-order valence-electron chi connectivity index (χ2n) is 5.53. The third-order valence-electron chi connectivity index (χ3n) is 3.73. The lowest BCUT2D eigenvalue weighted by molar-refractivity contribution is 0.0471. The molecule has 0 saturated heterocycles. The van der Waals surface area contributed by atoms with Gasteiger partial charge in [0.2, 0.25) is 0 Å². The van der Waals surface area contributed by atoms with Crippen LogP contribution in [0.4, 0.5) is 0 Å². The largest absolute Gasteiger partial charge is 0.457 e. The van der Waals surface area contributed by atoms with Crippen molar-refractivity contribution in [1.29, 1.82) is 0 Å². The van der Waals surface area contributed by atoms with Crippen LogP contribution in [-0.4, -0.2) is 5.97 Å². The summed E-state index contributed by atoms with van der Waals surface area (Å²) in [6.45, 7) is 0.262. The van der Waals surface area contributed by atoms with Crippen LogP contribution >= 0.6 is 15.9 Å². The predicted molar refractivity (Wildman–Crippen MR) is 99.0 cm³/mol. The lowest BCUT2D eigenvalue weighted by Crippen LogP contribution is -2.08. The van der Waals surface area contributed by atoms with E-state index in [2.05, 4.69) is 28.1 Å². The van der Waals surface area contributed by atoms with Crippen LogP contribution in [-0.2, 0) is 17.8 Å². The van der Waals surface area contributed by atoms with Gasteiger partial charge in [0.1, 0.15) is 6.61 Å². The Hall–Kier alpha value is -2.39. The van der Waals surface area contributed by atoms with Gasteiger partial charge in [-0.25, -0.2) is 4.79 Å². The highest BCUT2D eigenvalue weighted by Crippen LogP contribution is 2.17. The fourth-order valence-corrected chi connectivity index (χ4v) is 2.99. The smallest absolute Gasteiger partial charge is 0.338 e. The van der Waals surface area contributed by atoms with Gasteiger partial charge in [0.25, 0.3) is 0 Å². The Balaban J connectivity index is 1.73. The first-order chi connectivity index (χ1) is 11.7. The first-order valence-electron chi connectivity index (χ1n) is 7.76. The van der Waals surface area contributed by atoms with Gasteiger partial charge in [-0.05, 0) is 41.3 Å². The maximum absolute atomic E-state index is 12.5. The van der Waals surface area contributed by atoms with Crippen molar-refractivity contribution < 1.29 is 9.53 Å². The molecule has 0 aliphatic carbocycles. The third-order valence-corrected chi connectivity index (χ3v) is 4.23. The lowest BCUT2D eigenvalue weighted by Gasteiger charge is -2.10. The number of hydrogen-bond donors (Lipinski definition) is 0. The van der Waals surface area contributed by atoms with E-state index in [1.165, 1.54) is 5.56 Å². The molecule has 0 amide bonds. The molecule has 3 rings (SSSR count). The van der Waals surface area contributed by atoms with Crippen molar-refractivity contribution in [3.8, 4) is 0 Å². The number of hydrogen-bond acceptors (Lipinski definition) is 2. The standard InChI is InChI=1S/C21H17BrO2/c22-19-11-6-9-17(14-19)15-24-21(23)20-12-5-4-10-18(20)13-16-7-2-1-3-8-16/h1-12,14H,13,15H2. The van der Waals surface area contributed by atoms with Gasteiger partial charge in [-0.3, -0.25) is 0 Å². The molecule has 3 heteroatoms. The van der Waals surface area contributed by atoms with E-state index in [-0.39, 0.29) is 12.6 Å². The van der Waals surface area contributed by atoms with E-state index in [4.69, 9.17) is 4.74 Å². The summed E-state index contributed by atoms with van der Waals surface area (Å²) in [5.41, 5.74) is 3.72. The molecule has 0 saturated carbocycles. The fourth-order valence-electron chi connectivity index (χ4n) is 2.54. The summed E-state index contributed by atoms with van der Waals surface area (Å²) in [6, 6.07) is 25.5. The topological polar surface area (TPSA) is 26.3 Å². The molecule has 0 unspecified atom stereocenters. The van der Waals surface area contributed by atoms with Crippen LogP contribution in [0.25, 0.3) is 0 Å². The molecular weight excluding hydrogens is 364 g/mol. The Morgan fingerprint density at radius 3 is 2.33 bits per heavy atom. The van der Waals surface area contributed by atoms with Gasteiger partial charge in [-0.2, -0.15) is 0 Å². The number of rotatable bonds is 5. The van der Waals surface area contributed by atoms with Crippen molar-refractivity contribution >= 4 is 21.9 Å². The van der Waals surface area contributed by atoms with Gasteiger partial charge in [-0.15, -0.1) is 0 Å². The molecule has 2 nitrogen and oxygen atoms in total. The van der Waals surface area contributed by atoms with Gasteiger partial charge in [0.15, 0.2) is 0 Å². The van der Waals surface area contributed by atoms with Crippen molar-refractivity contribution in [3.05, 3.63) is 106 Å². The molecular formula is C21H17BrO2. The van der Waals surface area contributed by atoms with Crippen molar-refractivity contribution in [2.45, 2.75) is 13.0 Å². The van der Waals surface area contributed by atoms with E-state index in [0.717, 1.165) is 15.6 Å². The minimum Gasteiger partial charge on any atom is -0.457 e. The fraction of sp³-hybridized carbons (Fsp3) is 0.0952. The number of esters is 1. The summed E-state index contributed by atoms with van der Waals surface area (Å²) in [5.74, 6) is -0.290. The SMILES string of the molecule is O=C(OCc1cccc(Br)c1)c1ccccc1Cc1ccccc1. The van der Waals surface area contributed by atoms with Crippen molar-refractivity contribution in [1.82, 2.24) is 0 Å². The molecule has 0 aromatic heterocycles. The second kappa shape index (κ2) is 7.93. The molecule has 0 aliphatic rings. The molecule has 0 bridgehead atoms. The molecule has 0 atom stereocenters. The van der Waals surface area contributed by atoms with Gasteiger partial charge in [0.05, 0.1) is 5.56 Å². The van der Waals surface area contributed by atoms with E-state index < -0.39 is 0 Å². The molecule has 120 valence electrons. The minimum absolute atomic E-state index is 0.262. The monoisotopic (exact) mass is 380 g/mol. The number of ether oxygens (including phenoxy) is 1. The lowest BCUT2D eigenvalue weighted by atomic mass is 10.00. The maximum atomic E-state index is 12.5. The zero-order valence-electron chi connectivity index (χ0n) is 13.1. The third kappa shape index (κ3) is 4.33. The molecule has 0 fully saturated rings. The minimum atomic E-state index is -0.290. The quantitative estimate of drug-likeness (QED) is 0.554. The number of halogens is 1. The Kier molecular flexibility index (Phi) is 5.44. The number of benzene rings is 3. The first-order valence-corrected chi connectivity index (χ1v) is 8.55. The number of carbonyl (C=O) groups excluding carboxylic acids is 1. The summed E-state index contributed by atoms with van der Waals surface area (Å²) in [4.78, 5) is 12.5. The zero-order valence-corrected chi connectivity index (χ0v) is 14.7. The van der Waals surface area contributed by atoms with E-state index in [9.17, 15) is 4.79 Å². The van der Waals surface area contributed by atoms with E-state index >= 15 is 0 Å². The van der Waals surface area contributed by atoms with Crippen LogP contribution in [0.2, 0.25) is 0 Å². The molecule has 0 heterocycles. The zero-order chi connectivity index (χ0) is 16.8. The van der Waals surface area contributed by atoms with E-state index in [1.54, 1.807) is 0 Å². The Morgan fingerprint density at radius 1 is 0.833 bits per heavy atom. The molecule has 24 heavy (non-hydrogen) atoms. The van der Waals surface area contributed by atoms with Crippen LogP contribution in [0.3, 0.4) is 0 Å². The summed E-state index contributed by atoms with van der Waals surface area (Å²) in [5, 5.41) is 0. The Bertz CT molecular complexity index is 828. The van der Waals surface area contributed by atoms with Crippen LogP contribution in [0, 0.1) is 0 Å². The summed E-state index contributed by atoms with van der Waals surface area (Å²) < 4.78 is 6.46. The Labute approximate surface area is 150 Å². The van der Waals surface area contributed by atoms with Gasteiger partial charge in [-0.1, -0.05) is 76.6 Å². The normalized spacial score (nSPS) is 10.4. The molecule has 3 aromatic rings. The van der Waals surface area contributed by atoms with Crippen LogP contribution < -0.4 is 0 Å². The van der Waals surface area contributed by atoms with E-state index in [1.807, 2.05) is 66.7 Å². The molecule has 0 spiro atoms. The molecule has 0 N–H and O–H groups in total. The first kappa shape index (κ1) is 16.5. The predicted octanol–water partition coefficient (Wildman–Crippen LogP) is 5.40. The highest BCUT2D eigenvalue weighted by Gasteiger charge is 2.13. The van der Waals surface area contributed by atoms with Gasteiger partial charge >= 0.3 is 5.97 Å². The van der Waals surface area contributed by atoms with Crippen molar-refractivity contribution in [2.75, 3.05) is 0 Å². The Morgan fingerprint density at radius 2 is 1.54 bits per heavy atom.